The Bertz CT molecular complexity index is 1010. The summed E-state index contributed by atoms with van der Waals surface area (Å²) >= 11 is 1.26. The average molecular weight is 338 g/mol. The monoisotopic (exact) mass is 338 g/mol. The fraction of sp³-hybridized carbons (Fsp3) is 0.158. The summed E-state index contributed by atoms with van der Waals surface area (Å²) in [5.41, 5.74) is 2.42. The van der Waals surface area contributed by atoms with Crippen molar-refractivity contribution in [1.82, 2.24) is 4.57 Å². The predicted molar refractivity (Wildman–Crippen MR) is 94.1 cm³/mol. The van der Waals surface area contributed by atoms with Gasteiger partial charge in [-0.3, -0.25) is 4.79 Å². The summed E-state index contributed by atoms with van der Waals surface area (Å²) in [6.45, 7) is 2.15. The highest BCUT2D eigenvalue weighted by molar-refractivity contribution is 7.16. The molecule has 0 atom stereocenters. The van der Waals surface area contributed by atoms with Gasteiger partial charge in [0.2, 0.25) is 0 Å². The maximum atomic E-state index is 14.1. The van der Waals surface area contributed by atoms with Crippen molar-refractivity contribution in [3.05, 3.63) is 64.2 Å². The van der Waals surface area contributed by atoms with Crippen molar-refractivity contribution < 1.29 is 9.18 Å². The maximum Gasteiger partial charge on any atom is 0.252 e. The van der Waals surface area contributed by atoms with Crippen molar-refractivity contribution in [2.45, 2.75) is 19.9 Å². The van der Waals surface area contributed by atoms with Gasteiger partial charge in [-0.1, -0.05) is 53.2 Å². The zero-order valence-electron chi connectivity index (χ0n) is 13.1. The van der Waals surface area contributed by atoms with Gasteiger partial charge in [-0.2, -0.15) is 4.99 Å². The van der Waals surface area contributed by atoms with E-state index in [2.05, 4.69) is 10.9 Å². The van der Waals surface area contributed by atoms with E-state index in [1.54, 1.807) is 16.7 Å². The van der Waals surface area contributed by atoms with E-state index in [9.17, 15) is 9.18 Å². The number of terminal acetylenes is 1. The van der Waals surface area contributed by atoms with Crippen molar-refractivity contribution in [3.8, 4) is 12.3 Å². The summed E-state index contributed by atoms with van der Waals surface area (Å²) in [4.78, 5) is 16.8. The van der Waals surface area contributed by atoms with Crippen molar-refractivity contribution in [3.63, 3.8) is 0 Å². The number of fused-ring (bicyclic) bond motifs is 1. The molecule has 1 amide bonds. The Hall–Kier alpha value is -2.71. The minimum absolute atomic E-state index is 0.164. The highest BCUT2D eigenvalue weighted by atomic mass is 32.1. The molecule has 0 unspecified atom stereocenters. The smallest absolute Gasteiger partial charge is 0.252 e. The predicted octanol–water partition coefficient (Wildman–Crippen LogP) is 3.45. The van der Waals surface area contributed by atoms with Gasteiger partial charge >= 0.3 is 0 Å². The Morgan fingerprint density at radius 1 is 1.29 bits per heavy atom. The quantitative estimate of drug-likeness (QED) is 0.674. The van der Waals surface area contributed by atoms with E-state index in [0.29, 0.717) is 15.0 Å². The van der Waals surface area contributed by atoms with Gasteiger partial charge in [0.05, 0.1) is 23.2 Å². The van der Waals surface area contributed by atoms with Crippen LogP contribution in [0.25, 0.3) is 10.2 Å². The highest BCUT2D eigenvalue weighted by Crippen LogP contribution is 2.20. The number of carbonyl (C=O) groups excluding carboxylic acids is 1. The molecule has 0 spiro atoms. The third-order valence-corrected chi connectivity index (χ3v) is 4.64. The Labute approximate surface area is 143 Å². The summed E-state index contributed by atoms with van der Waals surface area (Å²) in [5.74, 6) is 1.84. The number of thiazole rings is 1. The highest BCUT2D eigenvalue weighted by Gasteiger charge is 2.11. The first-order valence-corrected chi connectivity index (χ1v) is 8.24. The third-order valence-electron chi connectivity index (χ3n) is 3.60. The second-order valence-electron chi connectivity index (χ2n) is 5.43. The molecule has 120 valence electrons. The maximum absolute atomic E-state index is 14.1. The molecule has 0 N–H and O–H groups in total. The molecule has 0 aliphatic carbocycles. The normalized spacial score (nSPS) is 11.6. The van der Waals surface area contributed by atoms with Crippen LogP contribution in [0.2, 0.25) is 0 Å². The zero-order valence-corrected chi connectivity index (χ0v) is 13.9. The average Bonchev–Trinajstić information content (AvgIpc) is 2.89. The molecule has 0 aliphatic heterocycles. The van der Waals surface area contributed by atoms with Crippen LogP contribution in [0.15, 0.2) is 47.5 Å². The second-order valence-corrected chi connectivity index (χ2v) is 6.44. The number of carbonyl (C=O) groups is 1. The van der Waals surface area contributed by atoms with Crippen LogP contribution >= 0.6 is 11.3 Å². The fourth-order valence-electron chi connectivity index (χ4n) is 2.44. The van der Waals surface area contributed by atoms with Crippen LogP contribution in [0.4, 0.5) is 4.39 Å². The number of aryl methyl sites for hydroxylation is 1. The Morgan fingerprint density at radius 3 is 2.75 bits per heavy atom. The molecule has 1 heterocycles. The van der Waals surface area contributed by atoms with Crippen molar-refractivity contribution in [2.75, 3.05) is 0 Å². The molecule has 0 saturated heterocycles. The molecule has 0 fully saturated rings. The molecule has 0 saturated carbocycles. The molecule has 0 bridgehead atoms. The van der Waals surface area contributed by atoms with E-state index in [1.165, 1.54) is 17.4 Å². The number of para-hydroxylation sites is 1. The SMILES string of the molecule is C#CCn1c(=NC(=O)Cc2ccc(C)cc2)sc2cccc(F)c21. The first-order chi connectivity index (χ1) is 11.6. The topological polar surface area (TPSA) is 34.4 Å². The molecule has 3 nitrogen and oxygen atoms in total. The van der Waals surface area contributed by atoms with Gasteiger partial charge in [-0.15, -0.1) is 6.42 Å². The lowest BCUT2D eigenvalue weighted by Gasteiger charge is -2.01. The van der Waals surface area contributed by atoms with E-state index in [-0.39, 0.29) is 24.7 Å². The van der Waals surface area contributed by atoms with Gasteiger partial charge < -0.3 is 4.57 Å². The third kappa shape index (κ3) is 3.29. The number of rotatable bonds is 3. The van der Waals surface area contributed by atoms with Crippen LogP contribution in [0.3, 0.4) is 0 Å². The summed E-state index contributed by atoms with van der Waals surface area (Å²) in [7, 11) is 0. The van der Waals surface area contributed by atoms with Crippen LogP contribution in [0, 0.1) is 25.1 Å². The van der Waals surface area contributed by atoms with Crippen molar-refractivity contribution in [2.24, 2.45) is 4.99 Å². The van der Waals surface area contributed by atoms with Crippen molar-refractivity contribution in [1.29, 1.82) is 0 Å². The second kappa shape index (κ2) is 6.81. The number of nitrogens with zero attached hydrogens (tertiary/aromatic N) is 2. The number of amides is 1. The van der Waals surface area contributed by atoms with Gasteiger partial charge in [0.25, 0.3) is 5.91 Å². The lowest BCUT2D eigenvalue weighted by atomic mass is 10.1. The summed E-state index contributed by atoms with van der Waals surface area (Å²) in [6, 6.07) is 12.5. The minimum atomic E-state index is -0.369. The fourth-order valence-corrected chi connectivity index (χ4v) is 3.50. The van der Waals surface area contributed by atoms with Crippen LogP contribution in [0.5, 0.6) is 0 Å². The van der Waals surface area contributed by atoms with E-state index >= 15 is 0 Å². The molecule has 24 heavy (non-hydrogen) atoms. The first kappa shape index (κ1) is 16.2. The van der Waals surface area contributed by atoms with Gasteiger partial charge in [0.1, 0.15) is 5.82 Å². The van der Waals surface area contributed by atoms with Crippen LogP contribution in [0.1, 0.15) is 11.1 Å². The Kier molecular flexibility index (Phi) is 4.59. The molecular formula is C19H15FN2OS. The molecule has 1 aromatic heterocycles. The zero-order chi connectivity index (χ0) is 17.1. The number of aromatic nitrogens is 1. The molecule has 5 heteroatoms. The van der Waals surface area contributed by atoms with E-state index < -0.39 is 0 Å². The minimum Gasteiger partial charge on any atom is -0.302 e. The van der Waals surface area contributed by atoms with Gasteiger partial charge in [-0.25, -0.2) is 4.39 Å². The first-order valence-electron chi connectivity index (χ1n) is 7.43. The summed E-state index contributed by atoms with van der Waals surface area (Å²) in [6.07, 6.45) is 5.58. The Balaban J connectivity index is 2.01. The van der Waals surface area contributed by atoms with Gasteiger partial charge in [0, 0.05) is 0 Å². The van der Waals surface area contributed by atoms with Gasteiger partial charge in [0.15, 0.2) is 4.80 Å². The summed E-state index contributed by atoms with van der Waals surface area (Å²) < 4.78 is 16.4. The Morgan fingerprint density at radius 2 is 2.04 bits per heavy atom. The standard InChI is InChI=1S/C19H15FN2OS/c1-3-11-22-18-15(20)5-4-6-16(18)24-19(22)21-17(23)12-14-9-7-13(2)8-10-14/h1,4-10H,11-12H2,2H3. The van der Waals surface area contributed by atoms with Crippen LogP contribution < -0.4 is 4.80 Å². The number of benzene rings is 2. The molecule has 3 aromatic rings. The van der Waals surface area contributed by atoms with E-state index in [0.717, 1.165) is 11.1 Å². The molecule has 0 radical (unpaired) electrons. The van der Waals surface area contributed by atoms with Crippen LogP contribution in [-0.4, -0.2) is 10.5 Å². The summed E-state index contributed by atoms with van der Waals surface area (Å²) in [5, 5.41) is 0. The van der Waals surface area contributed by atoms with Crippen molar-refractivity contribution >= 4 is 27.5 Å². The molecule has 3 rings (SSSR count). The molecule has 0 aliphatic rings. The number of hydrogen-bond acceptors (Lipinski definition) is 2. The van der Waals surface area contributed by atoms with Crippen LogP contribution in [-0.2, 0) is 17.8 Å². The molecular weight excluding hydrogens is 323 g/mol. The lowest BCUT2D eigenvalue weighted by Crippen LogP contribution is -2.17. The largest absolute Gasteiger partial charge is 0.302 e. The van der Waals surface area contributed by atoms with E-state index in [1.807, 2.05) is 31.2 Å². The number of hydrogen-bond donors (Lipinski definition) is 0. The van der Waals surface area contributed by atoms with E-state index in [4.69, 9.17) is 6.42 Å². The number of halogens is 1. The molecule has 2 aromatic carbocycles. The van der Waals surface area contributed by atoms with Gasteiger partial charge in [-0.05, 0) is 24.6 Å². The lowest BCUT2D eigenvalue weighted by molar-refractivity contribution is -0.117.